The first-order valence-corrected chi connectivity index (χ1v) is 12.4. The summed E-state index contributed by atoms with van der Waals surface area (Å²) in [6, 6.07) is 24.1. The van der Waals surface area contributed by atoms with Crippen LogP contribution in [0.4, 0.5) is 11.4 Å². The third-order valence-electron chi connectivity index (χ3n) is 5.22. The first-order chi connectivity index (χ1) is 17.6. The van der Waals surface area contributed by atoms with Gasteiger partial charge >= 0.3 is 0 Å². The molecule has 1 aliphatic rings. The average molecular weight is 502 g/mol. The molecule has 184 valence electrons. The lowest BCUT2D eigenvalue weighted by molar-refractivity contribution is -0.122. The van der Waals surface area contributed by atoms with Crippen molar-refractivity contribution in [1.29, 1.82) is 0 Å². The Hall–Kier alpha value is -4.04. The molecule has 0 atom stereocenters. The molecule has 7 nitrogen and oxygen atoms in total. The second-order valence-corrected chi connectivity index (χ2v) is 8.92. The number of rotatable bonds is 9. The van der Waals surface area contributed by atoms with E-state index < -0.39 is 0 Å². The number of hydrogen-bond acceptors (Lipinski definition) is 6. The quantitative estimate of drug-likeness (QED) is 0.379. The molecule has 0 unspecified atom stereocenters. The smallest absolute Gasteiger partial charge is 0.266 e. The van der Waals surface area contributed by atoms with Gasteiger partial charge in [0.1, 0.15) is 0 Å². The zero-order valence-electron chi connectivity index (χ0n) is 20.1. The molecule has 0 bridgehead atoms. The number of carbonyl (C=O) groups is 2. The highest BCUT2D eigenvalue weighted by Gasteiger charge is 2.32. The Labute approximate surface area is 214 Å². The average Bonchev–Trinajstić information content (AvgIpc) is 3.18. The summed E-state index contributed by atoms with van der Waals surface area (Å²) >= 11 is 1.35. The summed E-state index contributed by atoms with van der Waals surface area (Å²) in [6.07, 6.45) is 2.64. The van der Waals surface area contributed by atoms with Crippen LogP contribution >= 0.6 is 11.8 Å². The number of thioether (sulfide) groups is 1. The van der Waals surface area contributed by atoms with Crippen molar-refractivity contribution in [2.24, 2.45) is 4.99 Å². The van der Waals surface area contributed by atoms with Gasteiger partial charge in [-0.1, -0.05) is 49.4 Å². The highest BCUT2D eigenvalue weighted by molar-refractivity contribution is 8.18. The minimum absolute atomic E-state index is 0.0755. The number of carbonyl (C=O) groups excluding carboxylic acids is 2. The number of hydrogen-bond donors (Lipinski definition) is 1. The molecule has 0 spiro atoms. The number of para-hydroxylation sites is 2. The summed E-state index contributed by atoms with van der Waals surface area (Å²) in [6.45, 7) is 2.46. The van der Waals surface area contributed by atoms with Crippen LogP contribution in [0.5, 0.6) is 11.5 Å². The molecule has 1 N–H and O–H groups in total. The Morgan fingerprint density at radius 2 is 1.75 bits per heavy atom. The van der Waals surface area contributed by atoms with Crippen molar-refractivity contribution in [3.8, 4) is 11.5 Å². The van der Waals surface area contributed by atoms with E-state index >= 15 is 0 Å². The summed E-state index contributed by atoms with van der Waals surface area (Å²) in [4.78, 5) is 32.3. The number of ether oxygens (including phenoxy) is 2. The fraction of sp³-hybridized carbons (Fsp3) is 0.179. The number of benzene rings is 3. The summed E-state index contributed by atoms with van der Waals surface area (Å²) in [5.41, 5.74) is 2.28. The van der Waals surface area contributed by atoms with Crippen LogP contribution in [-0.2, 0) is 9.59 Å². The van der Waals surface area contributed by atoms with Gasteiger partial charge in [-0.2, -0.15) is 0 Å². The highest BCUT2D eigenvalue weighted by atomic mass is 32.2. The molecule has 4 rings (SSSR count). The van der Waals surface area contributed by atoms with E-state index in [9.17, 15) is 9.59 Å². The molecule has 3 aromatic carbocycles. The van der Waals surface area contributed by atoms with Crippen LogP contribution in [0.1, 0.15) is 18.9 Å². The van der Waals surface area contributed by atoms with E-state index in [-0.39, 0.29) is 18.4 Å². The summed E-state index contributed by atoms with van der Waals surface area (Å²) in [5, 5.41) is 3.44. The third-order valence-corrected chi connectivity index (χ3v) is 6.22. The molecule has 0 saturated carbocycles. The zero-order chi connectivity index (χ0) is 25.3. The largest absolute Gasteiger partial charge is 0.493 e. The summed E-state index contributed by atoms with van der Waals surface area (Å²) in [7, 11) is 1.53. The van der Waals surface area contributed by atoms with Gasteiger partial charge in [0.2, 0.25) is 0 Å². The van der Waals surface area contributed by atoms with Gasteiger partial charge in [-0.3, -0.25) is 14.5 Å². The van der Waals surface area contributed by atoms with Crippen molar-refractivity contribution in [2.75, 3.05) is 25.6 Å². The Bertz CT molecular complexity index is 1280. The van der Waals surface area contributed by atoms with Gasteiger partial charge < -0.3 is 14.8 Å². The van der Waals surface area contributed by atoms with Crippen LogP contribution in [0.25, 0.3) is 6.08 Å². The van der Waals surface area contributed by atoms with Crippen molar-refractivity contribution < 1.29 is 19.1 Å². The maximum Gasteiger partial charge on any atom is 0.266 e. The molecule has 1 saturated heterocycles. The van der Waals surface area contributed by atoms with Crippen LogP contribution in [0, 0.1) is 0 Å². The molecule has 0 aromatic heterocycles. The van der Waals surface area contributed by atoms with Crippen LogP contribution in [0.15, 0.2) is 88.8 Å². The molecule has 1 heterocycles. The molecule has 1 fully saturated rings. The van der Waals surface area contributed by atoms with Crippen molar-refractivity contribution in [3.05, 3.63) is 89.3 Å². The van der Waals surface area contributed by atoms with Gasteiger partial charge in [0.25, 0.3) is 11.8 Å². The number of nitrogens with one attached hydrogen (secondary N) is 1. The van der Waals surface area contributed by atoms with Gasteiger partial charge in [0.15, 0.2) is 23.3 Å². The minimum Gasteiger partial charge on any atom is -0.493 e. The van der Waals surface area contributed by atoms with E-state index in [4.69, 9.17) is 9.47 Å². The first-order valence-electron chi connectivity index (χ1n) is 11.6. The standard InChI is InChI=1S/C28H27N3O4S/c1-3-16-31-27(33)25(36-28(31)30-22-12-8-5-9-13-22)18-20-14-15-23(24(17-20)34-2)35-19-26(32)29-21-10-6-4-7-11-21/h4-15,17-18H,3,16,19H2,1-2H3,(H,29,32)/b25-18+,30-28?. The monoisotopic (exact) mass is 501 g/mol. The molecular formula is C28H27N3O4S. The Morgan fingerprint density at radius 1 is 1.03 bits per heavy atom. The van der Waals surface area contributed by atoms with E-state index in [1.165, 1.54) is 18.9 Å². The fourth-order valence-corrected chi connectivity index (χ4v) is 4.56. The SMILES string of the molecule is CCCN1C(=O)/C(=C\c2ccc(OCC(=O)Nc3ccccc3)c(OC)c2)SC1=Nc1ccccc1. The minimum atomic E-state index is -0.274. The van der Waals surface area contributed by atoms with Crippen molar-refractivity contribution in [2.45, 2.75) is 13.3 Å². The van der Waals surface area contributed by atoms with Crippen molar-refractivity contribution >= 4 is 46.2 Å². The van der Waals surface area contributed by atoms with Gasteiger partial charge in [-0.15, -0.1) is 0 Å². The fourth-order valence-electron chi connectivity index (χ4n) is 3.53. The normalized spacial score (nSPS) is 15.4. The van der Waals surface area contributed by atoms with E-state index in [0.29, 0.717) is 33.8 Å². The molecule has 1 aliphatic heterocycles. The molecule has 3 aromatic rings. The topological polar surface area (TPSA) is 80.2 Å². The van der Waals surface area contributed by atoms with Gasteiger partial charge in [0.05, 0.1) is 17.7 Å². The lowest BCUT2D eigenvalue weighted by Crippen LogP contribution is -2.29. The Kier molecular flexibility index (Phi) is 8.41. The Balaban J connectivity index is 1.48. The lowest BCUT2D eigenvalue weighted by Gasteiger charge is -2.14. The molecule has 0 radical (unpaired) electrons. The first kappa shape index (κ1) is 25.1. The van der Waals surface area contributed by atoms with Crippen LogP contribution < -0.4 is 14.8 Å². The molecule has 36 heavy (non-hydrogen) atoms. The van der Waals surface area contributed by atoms with Crippen molar-refractivity contribution in [3.63, 3.8) is 0 Å². The maximum atomic E-state index is 13.1. The number of amides is 2. The van der Waals surface area contributed by atoms with Crippen LogP contribution in [0.2, 0.25) is 0 Å². The predicted octanol–water partition coefficient (Wildman–Crippen LogP) is 5.73. The summed E-state index contributed by atoms with van der Waals surface area (Å²) in [5.74, 6) is 0.556. The third kappa shape index (κ3) is 6.34. The Morgan fingerprint density at radius 3 is 2.44 bits per heavy atom. The molecule has 8 heteroatoms. The number of aliphatic imine (C=N–C) groups is 1. The lowest BCUT2D eigenvalue weighted by atomic mass is 10.2. The van der Waals surface area contributed by atoms with Gasteiger partial charge in [-0.05, 0) is 66.2 Å². The van der Waals surface area contributed by atoms with Crippen molar-refractivity contribution in [1.82, 2.24) is 4.90 Å². The number of anilines is 1. The number of nitrogens with zero attached hydrogens (tertiary/aromatic N) is 2. The number of methoxy groups -OCH3 is 1. The van der Waals surface area contributed by atoms with E-state index in [1.54, 1.807) is 29.2 Å². The second-order valence-electron chi connectivity index (χ2n) is 7.91. The van der Waals surface area contributed by atoms with Gasteiger partial charge in [0, 0.05) is 12.2 Å². The van der Waals surface area contributed by atoms with E-state index in [2.05, 4.69) is 10.3 Å². The van der Waals surface area contributed by atoms with E-state index in [1.807, 2.05) is 67.6 Å². The second kappa shape index (κ2) is 12.1. The van der Waals surface area contributed by atoms with E-state index in [0.717, 1.165) is 17.7 Å². The zero-order valence-corrected chi connectivity index (χ0v) is 21.0. The molecule has 2 amide bonds. The van der Waals surface area contributed by atoms with Gasteiger partial charge in [-0.25, -0.2) is 4.99 Å². The molecule has 0 aliphatic carbocycles. The summed E-state index contributed by atoms with van der Waals surface area (Å²) < 4.78 is 11.2. The maximum absolute atomic E-state index is 13.1. The van der Waals surface area contributed by atoms with Crippen LogP contribution in [-0.4, -0.2) is 42.1 Å². The highest BCUT2D eigenvalue weighted by Crippen LogP contribution is 2.36. The van der Waals surface area contributed by atoms with Crippen LogP contribution in [0.3, 0.4) is 0 Å². The molecular weight excluding hydrogens is 474 g/mol. The predicted molar refractivity (Wildman–Crippen MR) is 145 cm³/mol. The number of amidine groups is 1.